The average molecular weight is 360 g/mol. The molecule has 136 valence electrons. The van der Waals surface area contributed by atoms with Gasteiger partial charge in [0.2, 0.25) is 11.8 Å². The fourth-order valence-electron chi connectivity index (χ4n) is 4.04. The molecule has 3 unspecified atom stereocenters. The summed E-state index contributed by atoms with van der Waals surface area (Å²) in [5, 5.41) is 8.84. The molecule has 27 heavy (non-hydrogen) atoms. The number of anilines is 1. The minimum absolute atomic E-state index is 0.0716. The number of ether oxygens (including phenoxy) is 1. The van der Waals surface area contributed by atoms with Gasteiger partial charge in [-0.1, -0.05) is 6.92 Å². The van der Waals surface area contributed by atoms with E-state index in [4.69, 9.17) is 10.00 Å². The zero-order chi connectivity index (χ0) is 19.0. The van der Waals surface area contributed by atoms with Crippen LogP contribution in [0.2, 0.25) is 0 Å². The SMILES string of the molecule is CC1CCC2C(=O)N(c3ccc(Oc4ccc(C#N)cc4)cc3)C(=O)C2C1. The topological polar surface area (TPSA) is 70.4 Å². The Kier molecular flexibility index (Phi) is 4.41. The molecule has 0 bridgehead atoms. The summed E-state index contributed by atoms with van der Waals surface area (Å²) in [5.74, 6) is 1.24. The van der Waals surface area contributed by atoms with Gasteiger partial charge in [0.15, 0.2) is 0 Å². The molecule has 3 atom stereocenters. The number of amides is 2. The highest BCUT2D eigenvalue weighted by Gasteiger charge is 2.49. The van der Waals surface area contributed by atoms with Crippen LogP contribution in [0.3, 0.4) is 0 Å². The Morgan fingerprint density at radius 1 is 0.926 bits per heavy atom. The maximum atomic E-state index is 12.8. The highest BCUT2D eigenvalue weighted by molar-refractivity contribution is 6.22. The number of imide groups is 1. The van der Waals surface area contributed by atoms with Crippen molar-refractivity contribution in [2.24, 2.45) is 17.8 Å². The molecule has 2 aromatic rings. The van der Waals surface area contributed by atoms with Gasteiger partial charge in [0, 0.05) is 0 Å². The van der Waals surface area contributed by atoms with E-state index >= 15 is 0 Å². The van der Waals surface area contributed by atoms with Gasteiger partial charge in [0.1, 0.15) is 11.5 Å². The molecular weight excluding hydrogens is 340 g/mol. The molecule has 1 saturated heterocycles. The number of rotatable bonds is 3. The van der Waals surface area contributed by atoms with Gasteiger partial charge < -0.3 is 4.74 Å². The predicted octanol–water partition coefficient (Wildman–Crippen LogP) is 4.28. The van der Waals surface area contributed by atoms with Crippen molar-refractivity contribution in [3.63, 3.8) is 0 Å². The molecule has 5 nitrogen and oxygen atoms in total. The standard InChI is InChI=1S/C22H20N2O3/c1-14-2-11-19-20(12-14)22(26)24(21(19)25)16-5-9-18(10-6-16)27-17-7-3-15(13-23)4-8-17/h3-10,14,19-20H,2,11-12H2,1H3. The number of carbonyl (C=O) groups is 2. The Morgan fingerprint density at radius 2 is 1.52 bits per heavy atom. The Balaban J connectivity index is 1.51. The molecule has 0 spiro atoms. The van der Waals surface area contributed by atoms with Crippen molar-refractivity contribution >= 4 is 17.5 Å². The Morgan fingerprint density at radius 3 is 2.15 bits per heavy atom. The van der Waals surface area contributed by atoms with Gasteiger partial charge >= 0.3 is 0 Å². The molecule has 2 amide bonds. The van der Waals surface area contributed by atoms with Gasteiger partial charge in [-0.25, -0.2) is 0 Å². The van der Waals surface area contributed by atoms with Crippen LogP contribution in [-0.2, 0) is 9.59 Å². The molecule has 0 aromatic heterocycles. The van der Waals surface area contributed by atoms with Crippen molar-refractivity contribution in [1.29, 1.82) is 5.26 Å². The van der Waals surface area contributed by atoms with Crippen molar-refractivity contribution < 1.29 is 14.3 Å². The second-order valence-electron chi connectivity index (χ2n) is 7.38. The molecule has 2 aliphatic rings. The van der Waals surface area contributed by atoms with E-state index in [-0.39, 0.29) is 23.7 Å². The Labute approximate surface area is 158 Å². The third-order valence-electron chi connectivity index (χ3n) is 5.50. The first-order chi connectivity index (χ1) is 13.1. The fourth-order valence-corrected chi connectivity index (χ4v) is 4.04. The van der Waals surface area contributed by atoms with Crippen LogP contribution in [-0.4, -0.2) is 11.8 Å². The second kappa shape index (κ2) is 6.88. The van der Waals surface area contributed by atoms with Crippen LogP contribution in [0.25, 0.3) is 0 Å². The summed E-state index contributed by atoms with van der Waals surface area (Å²) >= 11 is 0. The van der Waals surface area contributed by atoms with Gasteiger partial charge in [-0.05, 0) is 73.7 Å². The summed E-state index contributed by atoms with van der Waals surface area (Å²) in [6.07, 6.45) is 2.60. The Bertz CT molecular complexity index is 912. The summed E-state index contributed by atoms with van der Waals surface area (Å²) in [7, 11) is 0. The first kappa shape index (κ1) is 17.3. The lowest BCUT2D eigenvalue weighted by atomic mass is 9.76. The molecule has 1 aliphatic heterocycles. The van der Waals surface area contributed by atoms with Crippen LogP contribution < -0.4 is 9.64 Å². The van der Waals surface area contributed by atoms with E-state index in [1.165, 1.54) is 4.90 Å². The number of benzene rings is 2. The number of fused-ring (bicyclic) bond motifs is 1. The third kappa shape index (κ3) is 3.19. The van der Waals surface area contributed by atoms with Gasteiger partial charge in [0.05, 0.1) is 29.2 Å². The van der Waals surface area contributed by atoms with Crippen LogP contribution in [0.5, 0.6) is 11.5 Å². The van der Waals surface area contributed by atoms with Crippen LogP contribution in [0.1, 0.15) is 31.7 Å². The fraction of sp³-hybridized carbons (Fsp3) is 0.318. The van der Waals surface area contributed by atoms with Crippen molar-refractivity contribution in [2.75, 3.05) is 4.90 Å². The van der Waals surface area contributed by atoms with E-state index in [2.05, 4.69) is 13.0 Å². The molecule has 4 rings (SSSR count). The minimum Gasteiger partial charge on any atom is -0.457 e. The van der Waals surface area contributed by atoms with Crippen LogP contribution >= 0.6 is 0 Å². The number of nitrogens with zero attached hydrogens (tertiary/aromatic N) is 2. The van der Waals surface area contributed by atoms with Crippen LogP contribution in [0.4, 0.5) is 5.69 Å². The van der Waals surface area contributed by atoms with Crippen molar-refractivity contribution in [3.8, 4) is 17.6 Å². The summed E-state index contributed by atoms with van der Waals surface area (Å²) in [5.41, 5.74) is 1.17. The summed E-state index contributed by atoms with van der Waals surface area (Å²) < 4.78 is 5.76. The normalized spacial score (nSPS) is 24.4. The highest BCUT2D eigenvalue weighted by Crippen LogP contribution is 2.42. The average Bonchev–Trinajstić information content (AvgIpc) is 2.93. The van der Waals surface area contributed by atoms with Crippen molar-refractivity contribution in [3.05, 3.63) is 54.1 Å². The number of hydrogen-bond acceptors (Lipinski definition) is 4. The van der Waals surface area contributed by atoms with E-state index in [0.717, 1.165) is 19.3 Å². The highest BCUT2D eigenvalue weighted by atomic mass is 16.5. The van der Waals surface area contributed by atoms with Gasteiger partial charge in [-0.3, -0.25) is 14.5 Å². The van der Waals surface area contributed by atoms with E-state index in [1.807, 2.05) is 0 Å². The lowest BCUT2D eigenvalue weighted by molar-refractivity contribution is -0.122. The van der Waals surface area contributed by atoms with E-state index in [1.54, 1.807) is 48.5 Å². The lowest BCUT2D eigenvalue weighted by Crippen LogP contribution is -2.30. The quantitative estimate of drug-likeness (QED) is 0.766. The van der Waals surface area contributed by atoms with Crippen LogP contribution in [0, 0.1) is 29.1 Å². The molecular formula is C22H20N2O3. The van der Waals surface area contributed by atoms with Crippen molar-refractivity contribution in [2.45, 2.75) is 26.2 Å². The molecule has 1 heterocycles. The third-order valence-corrected chi connectivity index (χ3v) is 5.50. The molecule has 2 aromatic carbocycles. The number of hydrogen-bond donors (Lipinski definition) is 0. The van der Waals surface area contributed by atoms with Crippen molar-refractivity contribution in [1.82, 2.24) is 0 Å². The molecule has 1 saturated carbocycles. The molecule has 1 aliphatic carbocycles. The maximum absolute atomic E-state index is 12.8. The largest absolute Gasteiger partial charge is 0.457 e. The van der Waals surface area contributed by atoms with E-state index in [9.17, 15) is 9.59 Å². The predicted molar refractivity (Wildman–Crippen MR) is 100 cm³/mol. The molecule has 0 N–H and O–H groups in total. The Hall–Kier alpha value is -3.13. The first-order valence-corrected chi connectivity index (χ1v) is 9.22. The molecule has 5 heteroatoms. The summed E-state index contributed by atoms with van der Waals surface area (Å²) in [4.78, 5) is 26.9. The summed E-state index contributed by atoms with van der Waals surface area (Å²) in [6.45, 7) is 2.14. The summed E-state index contributed by atoms with van der Waals surface area (Å²) in [6, 6.07) is 15.9. The molecule has 2 fully saturated rings. The van der Waals surface area contributed by atoms with Gasteiger partial charge in [0.25, 0.3) is 0 Å². The van der Waals surface area contributed by atoms with Crippen LogP contribution in [0.15, 0.2) is 48.5 Å². The number of nitriles is 1. The van der Waals surface area contributed by atoms with E-state index in [0.29, 0.717) is 28.7 Å². The lowest BCUT2D eigenvalue weighted by Gasteiger charge is -2.25. The smallest absolute Gasteiger partial charge is 0.237 e. The second-order valence-corrected chi connectivity index (χ2v) is 7.38. The zero-order valence-electron chi connectivity index (χ0n) is 15.1. The first-order valence-electron chi connectivity index (χ1n) is 9.22. The van der Waals surface area contributed by atoms with Gasteiger partial charge in [-0.15, -0.1) is 0 Å². The zero-order valence-corrected chi connectivity index (χ0v) is 15.1. The molecule has 0 radical (unpaired) electrons. The number of carbonyl (C=O) groups excluding carboxylic acids is 2. The maximum Gasteiger partial charge on any atom is 0.237 e. The monoisotopic (exact) mass is 360 g/mol. The van der Waals surface area contributed by atoms with Gasteiger partial charge in [-0.2, -0.15) is 5.26 Å². The van der Waals surface area contributed by atoms with E-state index < -0.39 is 0 Å². The minimum atomic E-state index is -0.171.